The molecule has 0 heterocycles. The number of aromatic carboxylic acids is 1. The van der Waals surface area contributed by atoms with Crippen LogP contribution >= 0.6 is 15.9 Å². The Kier molecular flexibility index (Phi) is 4.21. The average Bonchev–Trinajstić information content (AvgIpc) is 3.15. The third-order valence-corrected chi connectivity index (χ3v) is 3.63. The number of halogens is 1. The van der Waals surface area contributed by atoms with Gasteiger partial charge in [0, 0.05) is 16.9 Å². The maximum Gasteiger partial charge on any atom is 0.337 e. The number of carbonyl (C=O) groups is 2. The van der Waals surface area contributed by atoms with Crippen molar-refractivity contribution in [2.75, 3.05) is 5.32 Å². The molecule has 1 unspecified atom stereocenters. The lowest BCUT2D eigenvalue weighted by atomic mass is 10.1. The first-order chi connectivity index (χ1) is 8.97. The molecule has 0 aromatic heterocycles. The van der Waals surface area contributed by atoms with E-state index in [1.165, 1.54) is 6.07 Å². The number of carboxylic acid groups (broad SMARTS) is 1. The average molecular weight is 327 g/mol. The molecule has 5 nitrogen and oxygen atoms in total. The zero-order valence-electron chi connectivity index (χ0n) is 10.2. The molecule has 6 heteroatoms. The number of anilines is 1. The number of nitrogens with two attached hydrogens (primary N) is 1. The summed E-state index contributed by atoms with van der Waals surface area (Å²) in [7, 11) is 0. The standard InChI is InChI=1S/C13H15BrN2O3/c14-8-3-4-11(9(5-8)13(18)19)16-12(17)6-10(15)7-1-2-7/h3-5,7,10H,1-2,6,15H2,(H,16,17)(H,18,19). The molecule has 102 valence electrons. The topological polar surface area (TPSA) is 92.4 Å². The summed E-state index contributed by atoms with van der Waals surface area (Å²) in [5, 5.41) is 11.7. The van der Waals surface area contributed by atoms with E-state index < -0.39 is 5.97 Å². The lowest BCUT2D eigenvalue weighted by Gasteiger charge is -2.12. The van der Waals surface area contributed by atoms with Crippen LogP contribution in [0.3, 0.4) is 0 Å². The zero-order chi connectivity index (χ0) is 14.0. The molecule has 1 atom stereocenters. The summed E-state index contributed by atoms with van der Waals surface area (Å²) in [4.78, 5) is 22.9. The summed E-state index contributed by atoms with van der Waals surface area (Å²) in [5.74, 6) is -0.887. The molecular weight excluding hydrogens is 312 g/mol. The highest BCUT2D eigenvalue weighted by atomic mass is 79.9. The van der Waals surface area contributed by atoms with Crippen LogP contribution in [-0.2, 0) is 4.79 Å². The number of amides is 1. The Balaban J connectivity index is 2.05. The predicted octanol–water partition coefficient (Wildman–Crippen LogP) is 2.21. The van der Waals surface area contributed by atoms with Crippen molar-refractivity contribution in [3.8, 4) is 0 Å². The fourth-order valence-electron chi connectivity index (χ4n) is 1.91. The fourth-order valence-corrected chi connectivity index (χ4v) is 2.27. The van der Waals surface area contributed by atoms with Crippen molar-refractivity contribution in [3.63, 3.8) is 0 Å². The molecule has 1 aromatic rings. The number of hydrogen-bond donors (Lipinski definition) is 3. The normalized spacial score (nSPS) is 15.9. The number of rotatable bonds is 5. The monoisotopic (exact) mass is 326 g/mol. The summed E-state index contributed by atoms with van der Waals surface area (Å²) >= 11 is 3.20. The van der Waals surface area contributed by atoms with Gasteiger partial charge in [-0.05, 0) is 37.0 Å². The highest BCUT2D eigenvalue weighted by Crippen LogP contribution is 2.33. The minimum atomic E-state index is -1.08. The molecule has 0 aliphatic heterocycles. The molecule has 0 saturated heterocycles. The van der Waals surface area contributed by atoms with Gasteiger partial charge in [0.05, 0.1) is 11.3 Å². The molecule has 4 N–H and O–H groups in total. The molecule has 1 amide bonds. The van der Waals surface area contributed by atoms with Gasteiger partial charge in [0.2, 0.25) is 5.91 Å². The summed E-state index contributed by atoms with van der Waals surface area (Å²) < 4.78 is 0.651. The summed E-state index contributed by atoms with van der Waals surface area (Å²) in [6.07, 6.45) is 2.38. The largest absolute Gasteiger partial charge is 0.478 e. The smallest absolute Gasteiger partial charge is 0.337 e. The maximum absolute atomic E-state index is 11.8. The quantitative estimate of drug-likeness (QED) is 0.773. The second kappa shape index (κ2) is 5.71. The van der Waals surface area contributed by atoms with Gasteiger partial charge in [-0.25, -0.2) is 4.79 Å². The summed E-state index contributed by atoms with van der Waals surface area (Å²) in [6, 6.07) is 4.57. The number of nitrogens with one attached hydrogen (secondary N) is 1. The van der Waals surface area contributed by atoms with Gasteiger partial charge in [0.1, 0.15) is 0 Å². The Hall–Kier alpha value is -1.40. The fraction of sp³-hybridized carbons (Fsp3) is 0.385. The van der Waals surface area contributed by atoms with Crippen molar-refractivity contribution in [2.45, 2.75) is 25.3 Å². The van der Waals surface area contributed by atoms with E-state index in [4.69, 9.17) is 10.8 Å². The number of benzene rings is 1. The lowest BCUT2D eigenvalue weighted by molar-refractivity contribution is -0.116. The number of carboxylic acids is 1. The Morgan fingerprint density at radius 2 is 2.16 bits per heavy atom. The van der Waals surface area contributed by atoms with Crippen molar-refractivity contribution in [3.05, 3.63) is 28.2 Å². The van der Waals surface area contributed by atoms with E-state index in [9.17, 15) is 9.59 Å². The number of hydrogen-bond acceptors (Lipinski definition) is 3. The molecule has 2 rings (SSSR count). The molecule has 0 bridgehead atoms. The Morgan fingerprint density at radius 3 is 2.74 bits per heavy atom. The minimum absolute atomic E-state index is 0.0581. The SMILES string of the molecule is NC(CC(=O)Nc1ccc(Br)cc1C(=O)O)C1CC1. The molecule has 0 spiro atoms. The first kappa shape index (κ1) is 14.0. The van der Waals surface area contributed by atoms with Crippen LogP contribution in [0.15, 0.2) is 22.7 Å². The molecule has 1 aliphatic carbocycles. The summed E-state index contributed by atoms with van der Waals surface area (Å²) in [6.45, 7) is 0. The van der Waals surface area contributed by atoms with Gasteiger partial charge in [-0.3, -0.25) is 4.79 Å². The third-order valence-electron chi connectivity index (χ3n) is 3.13. The van der Waals surface area contributed by atoms with Gasteiger partial charge in [0.15, 0.2) is 0 Å². The second-order valence-electron chi connectivity index (χ2n) is 4.75. The van der Waals surface area contributed by atoms with Gasteiger partial charge in [0.25, 0.3) is 0 Å². The molecule has 1 fully saturated rings. The van der Waals surface area contributed by atoms with Crippen molar-refractivity contribution >= 4 is 33.5 Å². The van der Waals surface area contributed by atoms with Crippen LogP contribution in [-0.4, -0.2) is 23.0 Å². The molecule has 0 radical (unpaired) electrons. The first-order valence-electron chi connectivity index (χ1n) is 6.05. The van der Waals surface area contributed by atoms with E-state index in [2.05, 4.69) is 21.2 Å². The van der Waals surface area contributed by atoms with Crippen molar-refractivity contribution in [1.29, 1.82) is 0 Å². The van der Waals surface area contributed by atoms with Crippen LogP contribution in [0.2, 0.25) is 0 Å². The molecular formula is C13H15BrN2O3. The zero-order valence-corrected chi connectivity index (χ0v) is 11.8. The highest BCUT2D eigenvalue weighted by Gasteiger charge is 2.30. The molecule has 1 aliphatic rings. The Morgan fingerprint density at radius 1 is 1.47 bits per heavy atom. The van der Waals surface area contributed by atoms with Crippen LogP contribution in [0.1, 0.15) is 29.6 Å². The summed E-state index contributed by atoms with van der Waals surface area (Å²) in [5.41, 5.74) is 6.22. The van der Waals surface area contributed by atoms with Crippen LogP contribution in [0.5, 0.6) is 0 Å². The second-order valence-corrected chi connectivity index (χ2v) is 5.66. The van der Waals surface area contributed by atoms with Crippen LogP contribution < -0.4 is 11.1 Å². The lowest BCUT2D eigenvalue weighted by Crippen LogP contribution is -2.29. The Bertz CT molecular complexity index is 515. The van der Waals surface area contributed by atoms with Gasteiger partial charge >= 0.3 is 5.97 Å². The van der Waals surface area contributed by atoms with E-state index in [-0.39, 0.29) is 23.9 Å². The van der Waals surface area contributed by atoms with Crippen LogP contribution in [0.4, 0.5) is 5.69 Å². The van der Waals surface area contributed by atoms with E-state index in [0.29, 0.717) is 16.1 Å². The van der Waals surface area contributed by atoms with E-state index in [0.717, 1.165) is 12.8 Å². The van der Waals surface area contributed by atoms with E-state index >= 15 is 0 Å². The molecule has 19 heavy (non-hydrogen) atoms. The first-order valence-corrected chi connectivity index (χ1v) is 6.85. The van der Waals surface area contributed by atoms with Gasteiger partial charge in [-0.15, -0.1) is 0 Å². The van der Waals surface area contributed by atoms with Gasteiger partial charge in [-0.2, -0.15) is 0 Å². The minimum Gasteiger partial charge on any atom is -0.478 e. The highest BCUT2D eigenvalue weighted by molar-refractivity contribution is 9.10. The third kappa shape index (κ3) is 3.78. The number of carbonyl (C=O) groups excluding carboxylic acids is 1. The maximum atomic E-state index is 11.8. The molecule has 1 aromatic carbocycles. The predicted molar refractivity (Wildman–Crippen MR) is 75.0 cm³/mol. The van der Waals surface area contributed by atoms with Gasteiger partial charge in [-0.1, -0.05) is 15.9 Å². The van der Waals surface area contributed by atoms with E-state index in [1.54, 1.807) is 12.1 Å². The Labute approximate surface area is 119 Å². The van der Waals surface area contributed by atoms with Gasteiger partial charge < -0.3 is 16.2 Å². The van der Waals surface area contributed by atoms with Crippen LogP contribution in [0, 0.1) is 5.92 Å². The van der Waals surface area contributed by atoms with Crippen molar-refractivity contribution < 1.29 is 14.7 Å². The van der Waals surface area contributed by atoms with Crippen LogP contribution in [0.25, 0.3) is 0 Å². The molecule has 1 saturated carbocycles. The van der Waals surface area contributed by atoms with Crippen molar-refractivity contribution in [1.82, 2.24) is 0 Å². The van der Waals surface area contributed by atoms with Crippen molar-refractivity contribution in [2.24, 2.45) is 11.7 Å². The van der Waals surface area contributed by atoms with E-state index in [1.807, 2.05) is 0 Å².